The molecule has 0 aliphatic carbocycles. The summed E-state index contributed by atoms with van der Waals surface area (Å²) in [5.74, 6) is -0.544. The molecule has 0 radical (unpaired) electrons. The van der Waals surface area contributed by atoms with Crippen LogP contribution in [-0.2, 0) is 23.8 Å². The van der Waals surface area contributed by atoms with Crippen LogP contribution < -0.4 is 0 Å². The predicted octanol–water partition coefficient (Wildman–Crippen LogP) is 1.51. The standard InChI is InChI=1S/C12H22O3.C9H20O2.4H2O/c1-5-12(6-2,7-3)9-15-11(14)8-10(4)13;1-5-9(6-2,7-10-3)8-11-4;;;;/h5-9H2,1-4H3;5-8H2,1-4H3;4*1H2. The zero-order valence-corrected chi connectivity index (χ0v) is 20.4. The van der Waals surface area contributed by atoms with Crippen LogP contribution in [0.3, 0.4) is 0 Å². The molecule has 0 bridgehead atoms. The van der Waals surface area contributed by atoms with Gasteiger partial charge in [-0.15, -0.1) is 0 Å². The summed E-state index contributed by atoms with van der Waals surface area (Å²) in [6.07, 6.45) is 5.11. The van der Waals surface area contributed by atoms with Crippen molar-refractivity contribution in [2.24, 2.45) is 10.8 Å². The lowest BCUT2D eigenvalue weighted by atomic mass is 9.81. The Morgan fingerprint density at radius 1 is 0.633 bits per heavy atom. The molecular weight excluding hydrogens is 396 g/mol. The van der Waals surface area contributed by atoms with Gasteiger partial charge in [-0.25, -0.2) is 0 Å². The highest BCUT2D eigenvalue weighted by molar-refractivity contribution is 5.94. The third-order valence-corrected chi connectivity index (χ3v) is 5.58. The van der Waals surface area contributed by atoms with Gasteiger partial charge >= 0.3 is 5.97 Å². The Labute approximate surface area is 183 Å². The molecule has 0 amide bonds. The van der Waals surface area contributed by atoms with Crippen LogP contribution in [0.4, 0.5) is 0 Å². The maximum absolute atomic E-state index is 11.2. The van der Waals surface area contributed by atoms with Crippen LogP contribution in [0, 0.1) is 10.8 Å². The van der Waals surface area contributed by atoms with Crippen molar-refractivity contribution >= 4 is 11.8 Å². The summed E-state index contributed by atoms with van der Waals surface area (Å²) in [4.78, 5) is 21.9. The number of ketones is 1. The Balaban J connectivity index is -0.0000000876. The molecule has 9 heteroatoms. The van der Waals surface area contributed by atoms with Gasteiger partial charge in [-0.05, 0) is 39.0 Å². The third-order valence-electron chi connectivity index (χ3n) is 5.58. The number of carbonyl (C=O) groups excluding carboxylic acids is 2. The minimum Gasteiger partial charge on any atom is -0.465 e. The summed E-state index contributed by atoms with van der Waals surface area (Å²) >= 11 is 0. The Bertz CT molecular complexity index is 362. The average molecular weight is 447 g/mol. The van der Waals surface area contributed by atoms with Crippen molar-refractivity contribution in [1.82, 2.24) is 0 Å². The van der Waals surface area contributed by atoms with Gasteiger partial charge in [0.05, 0.1) is 19.8 Å². The summed E-state index contributed by atoms with van der Waals surface area (Å²) in [5.41, 5.74) is 0.329. The van der Waals surface area contributed by atoms with Crippen molar-refractivity contribution in [3.8, 4) is 0 Å². The van der Waals surface area contributed by atoms with E-state index >= 15 is 0 Å². The molecule has 0 aromatic heterocycles. The summed E-state index contributed by atoms with van der Waals surface area (Å²) in [5, 5.41) is 0. The Morgan fingerprint density at radius 3 is 1.20 bits per heavy atom. The second kappa shape index (κ2) is 24.2. The van der Waals surface area contributed by atoms with Crippen molar-refractivity contribution in [3.05, 3.63) is 0 Å². The minimum atomic E-state index is -0.401. The highest BCUT2D eigenvalue weighted by Crippen LogP contribution is 2.30. The topological polar surface area (TPSA) is 188 Å². The number of hydrogen-bond donors (Lipinski definition) is 0. The van der Waals surface area contributed by atoms with Crippen molar-refractivity contribution in [3.63, 3.8) is 0 Å². The molecule has 0 aromatic carbocycles. The van der Waals surface area contributed by atoms with E-state index in [9.17, 15) is 9.59 Å². The van der Waals surface area contributed by atoms with Crippen molar-refractivity contribution < 1.29 is 45.7 Å². The van der Waals surface area contributed by atoms with E-state index in [4.69, 9.17) is 14.2 Å². The van der Waals surface area contributed by atoms with Crippen LogP contribution in [0.25, 0.3) is 0 Å². The number of carbonyl (C=O) groups is 2. The lowest BCUT2D eigenvalue weighted by Gasteiger charge is -2.29. The molecule has 0 atom stereocenters. The van der Waals surface area contributed by atoms with Gasteiger partial charge in [0.1, 0.15) is 12.2 Å². The number of methoxy groups -OCH3 is 2. The van der Waals surface area contributed by atoms with E-state index < -0.39 is 5.97 Å². The normalized spacial score (nSPS) is 10.0. The van der Waals surface area contributed by atoms with Crippen LogP contribution in [0.5, 0.6) is 0 Å². The quantitative estimate of drug-likeness (QED) is 0.305. The Hall–Kier alpha value is -1.10. The summed E-state index contributed by atoms with van der Waals surface area (Å²) in [6.45, 7) is 14.1. The smallest absolute Gasteiger partial charge is 0.313 e. The van der Waals surface area contributed by atoms with Gasteiger partial charge in [0.25, 0.3) is 0 Å². The van der Waals surface area contributed by atoms with E-state index in [2.05, 4.69) is 34.6 Å². The fourth-order valence-corrected chi connectivity index (χ4v) is 2.86. The van der Waals surface area contributed by atoms with Crippen molar-refractivity contribution in [1.29, 1.82) is 0 Å². The van der Waals surface area contributed by atoms with Gasteiger partial charge in [0.2, 0.25) is 0 Å². The monoisotopic (exact) mass is 446 g/mol. The van der Waals surface area contributed by atoms with E-state index in [1.165, 1.54) is 6.92 Å². The fraction of sp³-hybridized carbons (Fsp3) is 0.905. The first-order valence-corrected chi connectivity index (χ1v) is 9.87. The highest BCUT2D eigenvalue weighted by atomic mass is 16.5. The lowest BCUT2D eigenvalue weighted by Crippen LogP contribution is -2.30. The molecule has 0 heterocycles. The molecule has 0 saturated carbocycles. The molecule has 9 nitrogen and oxygen atoms in total. The lowest BCUT2D eigenvalue weighted by molar-refractivity contribution is -0.149. The molecule has 0 spiro atoms. The first kappa shape index (κ1) is 42.9. The third kappa shape index (κ3) is 17.7. The number of ether oxygens (including phenoxy) is 3. The van der Waals surface area contributed by atoms with E-state index in [-0.39, 0.29) is 44.9 Å². The second-order valence-corrected chi connectivity index (χ2v) is 7.17. The molecule has 0 rings (SSSR count). The van der Waals surface area contributed by atoms with E-state index in [0.29, 0.717) is 6.61 Å². The largest absolute Gasteiger partial charge is 0.465 e. The molecule has 188 valence electrons. The van der Waals surface area contributed by atoms with Gasteiger partial charge in [-0.3, -0.25) is 9.59 Å². The van der Waals surface area contributed by atoms with Crippen LogP contribution in [0.2, 0.25) is 0 Å². The zero-order valence-electron chi connectivity index (χ0n) is 20.4. The predicted molar refractivity (Wildman–Crippen MR) is 121 cm³/mol. The molecule has 0 unspecified atom stereocenters. The molecule has 8 N–H and O–H groups in total. The Morgan fingerprint density at radius 2 is 0.967 bits per heavy atom. The summed E-state index contributed by atoms with van der Waals surface area (Å²) in [7, 11) is 3.49. The van der Waals surface area contributed by atoms with Crippen LogP contribution in [-0.4, -0.2) is 67.7 Å². The molecule has 0 aromatic rings. The van der Waals surface area contributed by atoms with Gasteiger partial charge in [-0.2, -0.15) is 0 Å². The van der Waals surface area contributed by atoms with Crippen molar-refractivity contribution in [2.45, 2.75) is 80.1 Å². The number of esters is 1. The van der Waals surface area contributed by atoms with E-state index in [1.807, 2.05) is 0 Å². The van der Waals surface area contributed by atoms with Gasteiger partial charge in [-0.1, -0.05) is 34.6 Å². The van der Waals surface area contributed by atoms with Crippen LogP contribution >= 0.6 is 0 Å². The van der Waals surface area contributed by atoms with E-state index in [1.54, 1.807) is 14.2 Å². The maximum atomic E-state index is 11.2. The van der Waals surface area contributed by atoms with Crippen molar-refractivity contribution in [2.75, 3.05) is 34.0 Å². The number of Topliss-reactive ketones (excluding diaryl/α,β-unsaturated/α-hetero) is 1. The average Bonchev–Trinajstić information content (AvgIpc) is 2.63. The van der Waals surface area contributed by atoms with Crippen LogP contribution in [0.1, 0.15) is 80.1 Å². The molecule has 0 aliphatic heterocycles. The Kier molecular flexibility index (Phi) is 34.6. The number of hydrogen-bond acceptors (Lipinski definition) is 5. The summed E-state index contributed by atoms with van der Waals surface area (Å²) in [6, 6.07) is 0. The van der Waals surface area contributed by atoms with Gasteiger partial charge in [0.15, 0.2) is 0 Å². The van der Waals surface area contributed by atoms with Crippen LogP contribution in [0.15, 0.2) is 0 Å². The first-order valence-electron chi connectivity index (χ1n) is 9.87. The fourth-order valence-electron chi connectivity index (χ4n) is 2.86. The molecule has 30 heavy (non-hydrogen) atoms. The molecule has 0 aliphatic rings. The highest BCUT2D eigenvalue weighted by Gasteiger charge is 2.26. The first-order chi connectivity index (χ1) is 12.2. The minimum absolute atomic E-state index is 0. The molecular formula is C21H50O9. The maximum Gasteiger partial charge on any atom is 0.313 e. The molecule has 0 fully saturated rings. The second-order valence-electron chi connectivity index (χ2n) is 7.17. The zero-order chi connectivity index (χ0) is 20.6. The van der Waals surface area contributed by atoms with Gasteiger partial charge < -0.3 is 36.1 Å². The summed E-state index contributed by atoms with van der Waals surface area (Å²) < 4.78 is 15.5. The number of rotatable bonds is 13. The molecule has 0 saturated heterocycles. The van der Waals surface area contributed by atoms with Gasteiger partial charge in [0, 0.05) is 25.0 Å². The van der Waals surface area contributed by atoms with E-state index in [0.717, 1.165) is 45.3 Å². The SMILES string of the molecule is CCC(CC)(CC)COC(=O)CC(C)=O.CCC(CC)(COC)COC.O.O.O.O.